The van der Waals surface area contributed by atoms with E-state index in [0.29, 0.717) is 17.4 Å². The highest BCUT2D eigenvalue weighted by Crippen LogP contribution is 2.22. The summed E-state index contributed by atoms with van der Waals surface area (Å²) in [4.78, 5) is 17.4. The molecule has 0 bridgehead atoms. The number of aromatic nitrogens is 1. The number of thiophene rings is 1. The molecule has 0 atom stereocenters. The molecule has 0 aliphatic heterocycles. The lowest BCUT2D eigenvalue weighted by Crippen LogP contribution is -2.26. The lowest BCUT2D eigenvalue weighted by molar-refractivity contribution is 0.0949. The van der Waals surface area contributed by atoms with E-state index in [1.54, 1.807) is 30.5 Å². The fourth-order valence-electron chi connectivity index (χ4n) is 1.61. The van der Waals surface area contributed by atoms with Crippen LogP contribution in [0, 0.1) is 0 Å². The standard InChI is InChI=1S/C13H13BrClN3OS/c1-16-11-5-3-9(15)12(18-11)13(19)17-7-6-8-2-4-10(14)20-8/h2-5H,6-7H2,1H3,(H,16,18)(H,17,19). The van der Waals surface area contributed by atoms with Crippen LogP contribution < -0.4 is 10.6 Å². The summed E-state index contributed by atoms with van der Waals surface area (Å²) in [6, 6.07) is 7.42. The van der Waals surface area contributed by atoms with Gasteiger partial charge in [-0.3, -0.25) is 4.79 Å². The Hall–Kier alpha value is -1.11. The van der Waals surface area contributed by atoms with E-state index in [0.717, 1.165) is 10.2 Å². The number of halogens is 2. The first-order chi connectivity index (χ1) is 9.60. The Kier molecular flexibility index (Phi) is 5.39. The second-order valence-corrected chi connectivity index (χ2v) is 6.94. The minimum Gasteiger partial charge on any atom is -0.373 e. The van der Waals surface area contributed by atoms with Gasteiger partial charge in [0.2, 0.25) is 0 Å². The number of hydrogen-bond acceptors (Lipinski definition) is 4. The lowest BCUT2D eigenvalue weighted by atomic mass is 10.3. The summed E-state index contributed by atoms with van der Waals surface area (Å²) in [7, 11) is 1.74. The van der Waals surface area contributed by atoms with Crippen molar-refractivity contribution in [3.05, 3.63) is 43.6 Å². The summed E-state index contributed by atoms with van der Waals surface area (Å²) in [5.74, 6) is 0.351. The molecular formula is C13H13BrClN3OS. The third kappa shape index (κ3) is 3.94. The maximum atomic E-state index is 12.0. The highest BCUT2D eigenvalue weighted by atomic mass is 79.9. The number of nitrogens with one attached hydrogen (secondary N) is 2. The van der Waals surface area contributed by atoms with E-state index in [1.165, 1.54) is 4.88 Å². The molecule has 0 aromatic carbocycles. The highest BCUT2D eigenvalue weighted by Gasteiger charge is 2.12. The van der Waals surface area contributed by atoms with Crippen LogP contribution in [0.4, 0.5) is 5.82 Å². The maximum absolute atomic E-state index is 12.0. The average molecular weight is 375 g/mol. The first-order valence-electron chi connectivity index (χ1n) is 5.97. The number of carbonyl (C=O) groups excluding carboxylic acids is 1. The van der Waals surface area contributed by atoms with Gasteiger partial charge in [-0.25, -0.2) is 4.98 Å². The molecule has 20 heavy (non-hydrogen) atoms. The van der Waals surface area contributed by atoms with Gasteiger partial charge in [-0.05, 0) is 46.6 Å². The summed E-state index contributed by atoms with van der Waals surface area (Å²) in [6.07, 6.45) is 0.783. The second-order valence-electron chi connectivity index (χ2n) is 3.99. The normalized spacial score (nSPS) is 10.3. The third-order valence-corrected chi connectivity index (χ3v) is 4.59. The fourth-order valence-corrected chi connectivity index (χ4v) is 3.28. The predicted molar refractivity (Wildman–Crippen MR) is 86.8 cm³/mol. The zero-order chi connectivity index (χ0) is 14.5. The molecule has 2 aromatic heterocycles. The highest BCUT2D eigenvalue weighted by molar-refractivity contribution is 9.11. The van der Waals surface area contributed by atoms with Crippen molar-refractivity contribution in [1.29, 1.82) is 0 Å². The topological polar surface area (TPSA) is 54.0 Å². The Balaban J connectivity index is 1.94. The molecule has 2 N–H and O–H groups in total. The molecule has 2 aromatic rings. The van der Waals surface area contributed by atoms with Gasteiger partial charge in [-0.1, -0.05) is 11.6 Å². The minimum atomic E-state index is -0.261. The van der Waals surface area contributed by atoms with Crippen LogP contribution in [-0.2, 0) is 6.42 Å². The van der Waals surface area contributed by atoms with Crippen molar-refractivity contribution in [2.45, 2.75) is 6.42 Å². The van der Waals surface area contributed by atoms with E-state index in [9.17, 15) is 4.79 Å². The van der Waals surface area contributed by atoms with E-state index in [2.05, 4.69) is 31.5 Å². The van der Waals surface area contributed by atoms with Gasteiger partial charge in [0.25, 0.3) is 5.91 Å². The Morgan fingerprint density at radius 2 is 2.20 bits per heavy atom. The number of nitrogens with zero attached hydrogens (tertiary/aromatic N) is 1. The number of pyridine rings is 1. The molecule has 2 heterocycles. The van der Waals surface area contributed by atoms with Gasteiger partial charge in [0, 0.05) is 18.5 Å². The first kappa shape index (κ1) is 15.3. The van der Waals surface area contributed by atoms with Crippen LogP contribution in [0.25, 0.3) is 0 Å². The lowest BCUT2D eigenvalue weighted by Gasteiger charge is -2.07. The van der Waals surface area contributed by atoms with Crippen LogP contribution >= 0.6 is 38.9 Å². The van der Waals surface area contributed by atoms with Crippen molar-refractivity contribution in [2.75, 3.05) is 18.9 Å². The van der Waals surface area contributed by atoms with Crippen LogP contribution in [0.1, 0.15) is 15.4 Å². The minimum absolute atomic E-state index is 0.242. The zero-order valence-electron chi connectivity index (χ0n) is 10.7. The van der Waals surface area contributed by atoms with Gasteiger partial charge in [0.1, 0.15) is 11.5 Å². The molecule has 2 rings (SSSR count). The number of carbonyl (C=O) groups is 1. The van der Waals surface area contributed by atoms with E-state index >= 15 is 0 Å². The van der Waals surface area contributed by atoms with Crippen LogP contribution in [0.5, 0.6) is 0 Å². The van der Waals surface area contributed by atoms with Crippen molar-refractivity contribution in [3.8, 4) is 0 Å². The van der Waals surface area contributed by atoms with E-state index in [1.807, 2.05) is 12.1 Å². The van der Waals surface area contributed by atoms with Gasteiger partial charge in [0.15, 0.2) is 0 Å². The summed E-state index contributed by atoms with van der Waals surface area (Å²) in [5, 5.41) is 6.05. The first-order valence-corrected chi connectivity index (χ1v) is 7.95. The SMILES string of the molecule is CNc1ccc(Cl)c(C(=O)NCCc2ccc(Br)s2)n1. The summed E-state index contributed by atoms with van der Waals surface area (Å²) in [6.45, 7) is 0.549. The van der Waals surface area contributed by atoms with E-state index in [-0.39, 0.29) is 11.6 Å². The molecule has 7 heteroatoms. The molecule has 4 nitrogen and oxygen atoms in total. The van der Waals surface area contributed by atoms with E-state index < -0.39 is 0 Å². The zero-order valence-corrected chi connectivity index (χ0v) is 13.9. The predicted octanol–water partition coefficient (Wildman–Crippen LogP) is 3.57. The quantitative estimate of drug-likeness (QED) is 0.841. The van der Waals surface area contributed by atoms with Crippen molar-refractivity contribution < 1.29 is 4.79 Å². The van der Waals surface area contributed by atoms with Gasteiger partial charge >= 0.3 is 0 Å². The van der Waals surface area contributed by atoms with Gasteiger partial charge in [-0.15, -0.1) is 11.3 Å². The summed E-state index contributed by atoms with van der Waals surface area (Å²) >= 11 is 11.1. The molecule has 106 valence electrons. The molecular weight excluding hydrogens is 362 g/mol. The summed E-state index contributed by atoms with van der Waals surface area (Å²) in [5.41, 5.74) is 0.242. The number of rotatable bonds is 5. The molecule has 0 fully saturated rings. The van der Waals surface area contributed by atoms with Crippen LogP contribution in [0.2, 0.25) is 5.02 Å². The Labute approximate surface area is 134 Å². The van der Waals surface area contributed by atoms with Crippen LogP contribution in [0.3, 0.4) is 0 Å². The molecule has 0 saturated heterocycles. The third-order valence-electron chi connectivity index (χ3n) is 2.60. The molecule has 1 amide bonds. The van der Waals surface area contributed by atoms with Crippen LogP contribution in [-0.4, -0.2) is 24.5 Å². The Morgan fingerprint density at radius 1 is 1.40 bits per heavy atom. The Morgan fingerprint density at radius 3 is 2.85 bits per heavy atom. The van der Waals surface area contributed by atoms with Crippen LogP contribution in [0.15, 0.2) is 28.1 Å². The van der Waals surface area contributed by atoms with E-state index in [4.69, 9.17) is 11.6 Å². The Bertz CT molecular complexity index is 617. The van der Waals surface area contributed by atoms with Crippen molar-refractivity contribution in [2.24, 2.45) is 0 Å². The molecule has 0 saturated carbocycles. The molecule has 0 unspecified atom stereocenters. The van der Waals surface area contributed by atoms with Gasteiger partial charge < -0.3 is 10.6 Å². The van der Waals surface area contributed by atoms with Crippen molar-refractivity contribution >= 4 is 50.6 Å². The molecule has 0 aliphatic carbocycles. The van der Waals surface area contributed by atoms with Crippen molar-refractivity contribution in [1.82, 2.24) is 10.3 Å². The maximum Gasteiger partial charge on any atom is 0.271 e. The molecule has 0 radical (unpaired) electrons. The number of anilines is 1. The van der Waals surface area contributed by atoms with Gasteiger partial charge in [-0.2, -0.15) is 0 Å². The monoisotopic (exact) mass is 373 g/mol. The number of hydrogen-bond donors (Lipinski definition) is 2. The largest absolute Gasteiger partial charge is 0.373 e. The summed E-state index contributed by atoms with van der Waals surface area (Å²) < 4.78 is 1.09. The molecule has 0 aliphatic rings. The average Bonchev–Trinajstić information content (AvgIpc) is 2.85. The smallest absolute Gasteiger partial charge is 0.271 e. The second kappa shape index (κ2) is 7.06. The molecule has 0 spiro atoms. The fraction of sp³-hybridized carbons (Fsp3) is 0.231. The number of amides is 1. The van der Waals surface area contributed by atoms with Gasteiger partial charge in [0.05, 0.1) is 8.81 Å². The van der Waals surface area contributed by atoms with Crippen molar-refractivity contribution in [3.63, 3.8) is 0 Å².